The molecule has 0 unspecified atom stereocenters. The van der Waals surface area contributed by atoms with Crippen LogP contribution in [0.15, 0.2) is 30.3 Å². The summed E-state index contributed by atoms with van der Waals surface area (Å²) in [7, 11) is 0. The first-order valence-electron chi connectivity index (χ1n) is 7.27. The monoisotopic (exact) mass is 361 g/mol. The zero-order valence-corrected chi connectivity index (χ0v) is 14.1. The number of nitro groups is 1. The Kier molecular flexibility index (Phi) is 5.96. The second-order valence-corrected chi connectivity index (χ2v) is 6.18. The number of carboxylic acids is 1. The van der Waals surface area contributed by atoms with Crippen molar-refractivity contribution in [2.75, 3.05) is 5.32 Å². The number of hydrogen-bond donors (Lipinski definition) is 2. The summed E-state index contributed by atoms with van der Waals surface area (Å²) in [5.41, 5.74) is 1.33. The number of anilines is 1. The Labute approximate surface area is 147 Å². The van der Waals surface area contributed by atoms with E-state index in [2.05, 4.69) is 10.3 Å². The standard InChI is InChI=1S/C16H15N3O5S/c1-10-13(7-9-15(21)22)25-16(17-10)18-14(20)8-4-11-2-5-12(6-3-11)19(23)24/h2-6,8H,7,9H2,1H3,(H,21,22)(H,17,18,20)/b8-4+. The van der Waals surface area contributed by atoms with Gasteiger partial charge in [0.1, 0.15) is 0 Å². The van der Waals surface area contributed by atoms with Crippen LogP contribution in [-0.4, -0.2) is 26.9 Å². The van der Waals surface area contributed by atoms with Gasteiger partial charge < -0.3 is 5.11 Å². The number of thiazole rings is 1. The predicted octanol–water partition coefficient (Wildman–Crippen LogP) is 3.03. The van der Waals surface area contributed by atoms with E-state index in [0.717, 1.165) is 4.88 Å². The van der Waals surface area contributed by atoms with Gasteiger partial charge in [-0.05, 0) is 37.1 Å². The maximum Gasteiger partial charge on any atom is 0.303 e. The van der Waals surface area contributed by atoms with E-state index < -0.39 is 16.8 Å². The van der Waals surface area contributed by atoms with Gasteiger partial charge in [0, 0.05) is 23.1 Å². The Morgan fingerprint density at radius 2 is 2.04 bits per heavy atom. The largest absolute Gasteiger partial charge is 0.481 e. The normalized spacial score (nSPS) is 10.8. The number of rotatable bonds is 7. The van der Waals surface area contributed by atoms with Crippen molar-refractivity contribution in [3.8, 4) is 0 Å². The number of hydrogen-bond acceptors (Lipinski definition) is 6. The average molecular weight is 361 g/mol. The second-order valence-electron chi connectivity index (χ2n) is 5.09. The van der Waals surface area contributed by atoms with Crippen LogP contribution in [0.4, 0.5) is 10.8 Å². The van der Waals surface area contributed by atoms with E-state index in [1.807, 2.05) is 0 Å². The molecule has 9 heteroatoms. The number of benzene rings is 1. The molecule has 2 rings (SSSR count). The van der Waals surface area contributed by atoms with E-state index in [1.165, 1.54) is 35.6 Å². The molecule has 130 valence electrons. The molecule has 8 nitrogen and oxygen atoms in total. The second kappa shape index (κ2) is 8.15. The fourth-order valence-corrected chi connectivity index (χ4v) is 2.93. The first-order chi connectivity index (χ1) is 11.8. The van der Waals surface area contributed by atoms with Crippen molar-refractivity contribution < 1.29 is 19.6 Å². The summed E-state index contributed by atoms with van der Waals surface area (Å²) in [6, 6.07) is 5.80. The number of carbonyl (C=O) groups is 2. The number of nitro benzene ring substituents is 1. The van der Waals surface area contributed by atoms with Crippen LogP contribution in [0.2, 0.25) is 0 Å². The lowest BCUT2D eigenvalue weighted by atomic mass is 10.2. The number of aliphatic carboxylic acids is 1. The van der Waals surface area contributed by atoms with Crippen LogP contribution in [-0.2, 0) is 16.0 Å². The van der Waals surface area contributed by atoms with Crippen molar-refractivity contribution in [3.63, 3.8) is 0 Å². The van der Waals surface area contributed by atoms with Crippen molar-refractivity contribution in [3.05, 3.63) is 56.6 Å². The van der Waals surface area contributed by atoms with E-state index in [4.69, 9.17) is 5.11 Å². The van der Waals surface area contributed by atoms with Crippen molar-refractivity contribution in [2.24, 2.45) is 0 Å². The Bertz CT molecular complexity index is 827. The van der Waals surface area contributed by atoms with E-state index in [-0.39, 0.29) is 12.1 Å². The van der Waals surface area contributed by atoms with Gasteiger partial charge in [-0.1, -0.05) is 0 Å². The quantitative estimate of drug-likeness (QED) is 0.444. The highest BCUT2D eigenvalue weighted by Crippen LogP contribution is 2.24. The van der Waals surface area contributed by atoms with Gasteiger partial charge in [0.25, 0.3) is 5.69 Å². The van der Waals surface area contributed by atoms with Crippen molar-refractivity contribution in [1.29, 1.82) is 0 Å². The fourth-order valence-electron chi connectivity index (χ4n) is 1.96. The van der Waals surface area contributed by atoms with Crippen molar-refractivity contribution in [2.45, 2.75) is 19.8 Å². The number of carbonyl (C=O) groups excluding carboxylic acids is 1. The molecule has 0 radical (unpaired) electrons. The van der Waals surface area contributed by atoms with Crippen LogP contribution in [0.1, 0.15) is 22.6 Å². The van der Waals surface area contributed by atoms with Crippen LogP contribution < -0.4 is 5.32 Å². The van der Waals surface area contributed by atoms with E-state index >= 15 is 0 Å². The van der Waals surface area contributed by atoms with Gasteiger partial charge in [0.05, 0.1) is 17.0 Å². The molecule has 2 N–H and O–H groups in total. The van der Waals surface area contributed by atoms with Crippen LogP contribution in [0.3, 0.4) is 0 Å². The minimum absolute atomic E-state index is 0.0104. The topological polar surface area (TPSA) is 122 Å². The lowest BCUT2D eigenvalue weighted by molar-refractivity contribution is -0.384. The summed E-state index contributed by atoms with van der Waals surface area (Å²) in [6.45, 7) is 1.76. The summed E-state index contributed by atoms with van der Waals surface area (Å²) in [4.78, 5) is 37.6. The zero-order valence-electron chi connectivity index (χ0n) is 13.3. The molecular weight excluding hydrogens is 346 g/mol. The van der Waals surface area contributed by atoms with Gasteiger partial charge in [-0.25, -0.2) is 4.98 Å². The van der Waals surface area contributed by atoms with Gasteiger partial charge in [-0.15, -0.1) is 11.3 Å². The number of non-ortho nitro benzene ring substituents is 1. The van der Waals surface area contributed by atoms with Crippen LogP contribution in [0.5, 0.6) is 0 Å². The van der Waals surface area contributed by atoms with Gasteiger partial charge >= 0.3 is 5.97 Å². The molecule has 2 aromatic rings. The van der Waals surface area contributed by atoms with Crippen LogP contribution in [0, 0.1) is 17.0 Å². The lowest BCUT2D eigenvalue weighted by Gasteiger charge is -1.96. The van der Waals surface area contributed by atoms with Crippen LogP contribution in [0.25, 0.3) is 6.08 Å². The Morgan fingerprint density at radius 1 is 1.36 bits per heavy atom. The third-order valence-corrected chi connectivity index (χ3v) is 4.35. The van der Waals surface area contributed by atoms with Gasteiger partial charge in [0.15, 0.2) is 5.13 Å². The number of amides is 1. The molecule has 0 bridgehead atoms. The molecule has 25 heavy (non-hydrogen) atoms. The molecular formula is C16H15N3O5S. The molecule has 0 saturated heterocycles. The fraction of sp³-hybridized carbons (Fsp3) is 0.188. The molecule has 1 heterocycles. The highest BCUT2D eigenvalue weighted by Gasteiger charge is 2.10. The lowest BCUT2D eigenvalue weighted by Crippen LogP contribution is -2.07. The predicted molar refractivity (Wildman–Crippen MR) is 93.6 cm³/mol. The number of nitrogens with one attached hydrogen (secondary N) is 1. The molecule has 1 aromatic heterocycles. The van der Waals surface area contributed by atoms with Gasteiger partial charge in [0.2, 0.25) is 5.91 Å². The molecule has 0 aliphatic rings. The third-order valence-electron chi connectivity index (χ3n) is 3.22. The number of aromatic nitrogens is 1. The highest BCUT2D eigenvalue weighted by atomic mass is 32.1. The first-order valence-corrected chi connectivity index (χ1v) is 8.08. The molecule has 0 aliphatic carbocycles. The summed E-state index contributed by atoms with van der Waals surface area (Å²) < 4.78 is 0. The first kappa shape index (κ1) is 18.3. The minimum atomic E-state index is -0.885. The number of aryl methyl sites for hydroxylation is 2. The number of carboxylic acid groups (broad SMARTS) is 1. The summed E-state index contributed by atoms with van der Waals surface area (Å²) in [5, 5.41) is 22.3. The third kappa shape index (κ3) is 5.50. The van der Waals surface area contributed by atoms with E-state index in [1.54, 1.807) is 19.1 Å². The van der Waals surface area contributed by atoms with Crippen molar-refractivity contribution in [1.82, 2.24) is 4.98 Å². The number of nitrogens with zero attached hydrogens (tertiary/aromatic N) is 2. The molecule has 1 amide bonds. The maximum atomic E-state index is 11.9. The molecule has 0 spiro atoms. The maximum absolute atomic E-state index is 11.9. The zero-order chi connectivity index (χ0) is 18.4. The molecule has 1 aromatic carbocycles. The summed E-state index contributed by atoms with van der Waals surface area (Å²) in [6.07, 6.45) is 3.21. The summed E-state index contributed by atoms with van der Waals surface area (Å²) >= 11 is 1.24. The Balaban J connectivity index is 1.96. The van der Waals surface area contributed by atoms with E-state index in [0.29, 0.717) is 22.8 Å². The SMILES string of the molecule is Cc1nc(NC(=O)/C=C/c2ccc([N+](=O)[O-])cc2)sc1CCC(=O)O. The summed E-state index contributed by atoms with van der Waals surface area (Å²) in [5.74, 6) is -1.28. The highest BCUT2D eigenvalue weighted by molar-refractivity contribution is 7.15. The smallest absolute Gasteiger partial charge is 0.303 e. The van der Waals surface area contributed by atoms with Gasteiger partial charge in [-0.2, -0.15) is 0 Å². The average Bonchev–Trinajstić information content (AvgIpc) is 2.90. The van der Waals surface area contributed by atoms with Crippen molar-refractivity contribution >= 4 is 40.1 Å². The molecule has 0 fully saturated rings. The molecule has 0 atom stereocenters. The molecule has 0 saturated carbocycles. The van der Waals surface area contributed by atoms with Crippen LogP contribution >= 0.6 is 11.3 Å². The van der Waals surface area contributed by atoms with E-state index in [9.17, 15) is 19.7 Å². The Hall–Kier alpha value is -3.07. The van der Waals surface area contributed by atoms with Gasteiger partial charge in [-0.3, -0.25) is 25.0 Å². The molecule has 0 aliphatic heterocycles. The Morgan fingerprint density at radius 3 is 2.64 bits per heavy atom. The minimum Gasteiger partial charge on any atom is -0.481 e.